The molecule has 2 rings (SSSR count). The van der Waals surface area contributed by atoms with E-state index in [9.17, 15) is 5.11 Å². The van der Waals surface area contributed by atoms with Crippen LogP contribution in [-0.4, -0.2) is 12.2 Å². The van der Waals surface area contributed by atoms with Gasteiger partial charge in [-0.3, -0.25) is 0 Å². The van der Waals surface area contributed by atoms with Gasteiger partial charge in [-0.05, 0) is 42.7 Å². The average molecular weight is 267 g/mol. The summed E-state index contributed by atoms with van der Waals surface area (Å²) in [6, 6.07) is 13.9. The van der Waals surface area contributed by atoms with Crippen molar-refractivity contribution in [1.82, 2.24) is 0 Å². The summed E-state index contributed by atoms with van der Waals surface area (Å²) in [5.74, 6) is 0.353. The fraction of sp³-hybridized carbons (Fsp3) is 0.222. The molecule has 104 valence electrons. The lowest BCUT2D eigenvalue weighted by atomic mass is 10.0. The van der Waals surface area contributed by atoms with E-state index in [1.165, 1.54) is 5.56 Å². The van der Waals surface area contributed by atoms with Crippen molar-refractivity contribution in [2.24, 2.45) is 0 Å². The second-order valence-corrected chi connectivity index (χ2v) is 4.99. The monoisotopic (exact) mass is 267 g/mol. The lowest BCUT2D eigenvalue weighted by Crippen LogP contribution is -2.15. The maximum atomic E-state index is 9.78. The van der Waals surface area contributed by atoms with E-state index in [0.717, 1.165) is 28.9 Å². The molecule has 0 spiro atoms. The quantitative estimate of drug-likeness (QED) is 0.889. The van der Waals surface area contributed by atoms with Crippen LogP contribution in [-0.2, 0) is 6.42 Å². The third kappa shape index (κ3) is 2.69. The molecule has 0 amide bonds. The van der Waals surface area contributed by atoms with Crippen molar-refractivity contribution in [3.05, 3.63) is 65.7 Å². The largest absolute Gasteiger partial charge is 0.508 e. The molecule has 20 heavy (non-hydrogen) atoms. The van der Waals surface area contributed by atoms with Gasteiger partial charge in [-0.15, -0.1) is 0 Å². The van der Waals surface area contributed by atoms with E-state index < -0.39 is 0 Å². The van der Waals surface area contributed by atoms with Crippen LogP contribution in [0.1, 0.15) is 23.6 Å². The topological polar surface area (TPSA) is 23.5 Å². The van der Waals surface area contributed by atoms with Gasteiger partial charge in [-0.25, -0.2) is 0 Å². The van der Waals surface area contributed by atoms with E-state index in [0.29, 0.717) is 5.75 Å². The van der Waals surface area contributed by atoms with Gasteiger partial charge in [-0.1, -0.05) is 37.8 Å². The molecule has 0 aliphatic heterocycles. The third-order valence-corrected chi connectivity index (χ3v) is 3.69. The Hall–Kier alpha value is -2.22. The predicted octanol–water partition coefficient (Wildman–Crippen LogP) is 4.37. The molecule has 2 heteroatoms. The molecule has 2 aromatic rings. The van der Waals surface area contributed by atoms with Crippen molar-refractivity contribution in [3.8, 4) is 5.75 Å². The van der Waals surface area contributed by atoms with E-state index in [2.05, 4.69) is 30.5 Å². The van der Waals surface area contributed by atoms with Gasteiger partial charge in [0.15, 0.2) is 0 Å². The Bertz CT molecular complexity index is 631. The van der Waals surface area contributed by atoms with E-state index in [-0.39, 0.29) is 0 Å². The van der Waals surface area contributed by atoms with Crippen LogP contribution in [0.2, 0.25) is 0 Å². The Kier molecular flexibility index (Phi) is 4.14. The van der Waals surface area contributed by atoms with Crippen molar-refractivity contribution >= 4 is 11.4 Å². The SMILES string of the molecule is C=C(c1ccccc1C)N(C)c1ccc(O)c(CC)c1. The van der Waals surface area contributed by atoms with Crippen LogP contribution in [0.5, 0.6) is 5.75 Å². The van der Waals surface area contributed by atoms with Gasteiger partial charge in [0.25, 0.3) is 0 Å². The Morgan fingerprint density at radius 1 is 1.20 bits per heavy atom. The molecule has 0 aliphatic rings. The molecule has 1 N–H and O–H groups in total. The van der Waals surface area contributed by atoms with E-state index in [4.69, 9.17) is 0 Å². The number of benzene rings is 2. The number of aromatic hydroxyl groups is 1. The molecule has 0 aliphatic carbocycles. The number of phenols is 1. The number of aryl methyl sites for hydroxylation is 2. The van der Waals surface area contributed by atoms with Gasteiger partial charge >= 0.3 is 0 Å². The highest BCUT2D eigenvalue weighted by atomic mass is 16.3. The van der Waals surface area contributed by atoms with Gasteiger partial charge in [0.2, 0.25) is 0 Å². The Labute approximate surface area is 121 Å². The zero-order chi connectivity index (χ0) is 14.7. The van der Waals surface area contributed by atoms with Crippen molar-refractivity contribution in [2.45, 2.75) is 20.3 Å². The second-order valence-electron chi connectivity index (χ2n) is 4.99. The van der Waals surface area contributed by atoms with Crippen LogP contribution in [0, 0.1) is 6.92 Å². The summed E-state index contributed by atoms with van der Waals surface area (Å²) in [4.78, 5) is 2.06. The third-order valence-electron chi connectivity index (χ3n) is 3.69. The minimum atomic E-state index is 0.353. The minimum absolute atomic E-state index is 0.353. The molecule has 0 radical (unpaired) electrons. The molecule has 0 saturated carbocycles. The highest BCUT2D eigenvalue weighted by Gasteiger charge is 2.11. The zero-order valence-electron chi connectivity index (χ0n) is 12.4. The fourth-order valence-corrected chi connectivity index (χ4v) is 2.30. The zero-order valence-corrected chi connectivity index (χ0v) is 12.4. The maximum Gasteiger partial charge on any atom is 0.118 e. The molecule has 0 saturated heterocycles. The molecule has 2 nitrogen and oxygen atoms in total. The van der Waals surface area contributed by atoms with Crippen LogP contribution in [0.15, 0.2) is 49.0 Å². The van der Waals surface area contributed by atoms with Crippen LogP contribution in [0.3, 0.4) is 0 Å². The van der Waals surface area contributed by atoms with E-state index in [1.54, 1.807) is 6.07 Å². The Morgan fingerprint density at radius 3 is 2.55 bits per heavy atom. The van der Waals surface area contributed by atoms with Crippen molar-refractivity contribution in [1.29, 1.82) is 0 Å². The number of hydrogen-bond acceptors (Lipinski definition) is 2. The lowest BCUT2D eigenvalue weighted by Gasteiger charge is -2.24. The first kappa shape index (κ1) is 14.2. The average Bonchev–Trinajstić information content (AvgIpc) is 2.47. The number of phenolic OH excluding ortho intramolecular Hbond substituents is 1. The molecule has 0 heterocycles. The van der Waals surface area contributed by atoms with E-state index >= 15 is 0 Å². The van der Waals surface area contributed by atoms with Crippen LogP contribution >= 0.6 is 0 Å². The van der Waals surface area contributed by atoms with Crippen LogP contribution in [0.25, 0.3) is 5.70 Å². The van der Waals surface area contributed by atoms with Gasteiger partial charge < -0.3 is 10.0 Å². The normalized spacial score (nSPS) is 10.3. The highest BCUT2D eigenvalue weighted by Crippen LogP contribution is 2.29. The first-order valence-electron chi connectivity index (χ1n) is 6.85. The lowest BCUT2D eigenvalue weighted by molar-refractivity contribution is 0.469. The van der Waals surface area contributed by atoms with Gasteiger partial charge in [0.1, 0.15) is 5.75 Å². The summed E-state index contributed by atoms with van der Waals surface area (Å²) in [5.41, 5.74) is 5.29. The van der Waals surface area contributed by atoms with Gasteiger partial charge in [-0.2, -0.15) is 0 Å². The van der Waals surface area contributed by atoms with Crippen LogP contribution < -0.4 is 4.90 Å². The van der Waals surface area contributed by atoms with Crippen LogP contribution in [0.4, 0.5) is 5.69 Å². The van der Waals surface area contributed by atoms with Gasteiger partial charge in [0, 0.05) is 24.0 Å². The molecule has 0 unspecified atom stereocenters. The molecule has 0 fully saturated rings. The minimum Gasteiger partial charge on any atom is -0.508 e. The summed E-state index contributed by atoms with van der Waals surface area (Å²) < 4.78 is 0. The first-order valence-corrected chi connectivity index (χ1v) is 6.85. The second kappa shape index (κ2) is 5.83. The number of anilines is 1. The molecular formula is C18H21NO. The molecule has 0 bridgehead atoms. The standard InChI is InChI=1S/C18H21NO/c1-5-15-12-16(10-11-18(15)20)19(4)14(3)17-9-7-6-8-13(17)2/h6-12,20H,3,5H2,1-2,4H3. The summed E-state index contributed by atoms with van der Waals surface area (Å²) in [6.07, 6.45) is 0.810. The molecule has 0 atom stereocenters. The number of hydrogen-bond donors (Lipinski definition) is 1. The van der Waals surface area contributed by atoms with Crippen molar-refractivity contribution in [3.63, 3.8) is 0 Å². The summed E-state index contributed by atoms with van der Waals surface area (Å²) in [5, 5.41) is 9.78. The highest BCUT2D eigenvalue weighted by molar-refractivity contribution is 5.79. The number of nitrogens with zero attached hydrogens (tertiary/aromatic N) is 1. The first-order chi connectivity index (χ1) is 9.54. The Balaban J connectivity index is 2.34. The Morgan fingerprint density at radius 2 is 1.90 bits per heavy atom. The summed E-state index contributed by atoms with van der Waals surface area (Å²) >= 11 is 0. The van der Waals surface area contributed by atoms with Gasteiger partial charge in [0.05, 0.1) is 0 Å². The maximum absolute atomic E-state index is 9.78. The van der Waals surface area contributed by atoms with E-state index in [1.807, 2.05) is 38.2 Å². The molecule has 0 aromatic heterocycles. The predicted molar refractivity (Wildman–Crippen MR) is 86.1 cm³/mol. The number of rotatable bonds is 4. The van der Waals surface area contributed by atoms with Crippen molar-refractivity contribution < 1.29 is 5.11 Å². The smallest absolute Gasteiger partial charge is 0.118 e. The molecule has 2 aromatic carbocycles. The molecular weight excluding hydrogens is 246 g/mol. The summed E-state index contributed by atoms with van der Waals surface area (Å²) in [7, 11) is 2.00. The summed E-state index contributed by atoms with van der Waals surface area (Å²) in [6.45, 7) is 8.33. The fourth-order valence-electron chi connectivity index (χ4n) is 2.30. The van der Waals surface area contributed by atoms with Crippen molar-refractivity contribution in [2.75, 3.05) is 11.9 Å².